The zero-order valence-corrected chi connectivity index (χ0v) is 20.9. The number of rotatable bonds is 9. The van der Waals surface area contributed by atoms with E-state index >= 15 is 0 Å². The summed E-state index contributed by atoms with van der Waals surface area (Å²) in [6, 6.07) is 20.7. The Hall–Kier alpha value is -2.08. The van der Waals surface area contributed by atoms with Gasteiger partial charge in [-0.2, -0.15) is 0 Å². The molecule has 1 saturated heterocycles. The molecule has 2 aromatic carbocycles. The molecule has 0 amide bonds. The minimum atomic E-state index is -1.14. The Kier molecular flexibility index (Phi) is 7.43. The Morgan fingerprint density at radius 1 is 1.03 bits per heavy atom. The second-order valence-corrected chi connectivity index (χ2v) is 11.1. The van der Waals surface area contributed by atoms with Gasteiger partial charge in [0, 0.05) is 23.1 Å². The van der Waals surface area contributed by atoms with Crippen molar-refractivity contribution in [3.63, 3.8) is 0 Å². The van der Waals surface area contributed by atoms with Crippen molar-refractivity contribution in [2.45, 2.75) is 56.1 Å². The molecule has 180 valence electrons. The van der Waals surface area contributed by atoms with Gasteiger partial charge in [-0.25, -0.2) is 4.98 Å². The van der Waals surface area contributed by atoms with Crippen LogP contribution in [0.5, 0.6) is 0 Å². The number of benzene rings is 2. The first kappa shape index (κ1) is 23.7. The van der Waals surface area contributed by atoms with Crippen molar-refractivity contribution in [2.24, 2.45) is 17.8 Å². The molecule has 4 nitrogen and oxygen atoms in total. The third-order valence-electron chi connectivity index (χ3n) is 7.88. The molecule has 1 N–H and O–H groups in total. The van der Waals surface area contributed by atoms with E-state index in [4.69, 9.17) is 4.42 Å². The lowest BCUT2D eigenvalue weighted by Gasteiger charge is -2.39. The molecule has 0 bridgehead atoms. The van der Waals surface area contributed by atoms with E-state index < -0.39 is 5.60 Å². The summed E-state index contributed by atoms with van der Waals surface area (Å²) < 4.78 is 6.27. The Labute approximate surface area is 207 Å². The van der Waals surface area contributed by atoms with Crippen LogP contribution in [0.2, 0.25) is 0 Å². The zero-order chi connectivity index (χ0) is 23.4. The maximum atomic E-state index is 11.8. The third-order valence-corrected chi connectivity index (χ3v) is 9.08. The van der Waals surface area contributed by atoms with E-state index in [2.05, 4.69) is 47.1 Å². The fourth-order valence-electron chi connectivity index (χ4n) is 5.58. The van der Waals surface area contributed by atoms with Gasteiger partial charge >= 0.3 is 0 Å². The number of aliphatic hydroxyl groups is 1. The fraction of sp³-hybridized carbons (Fsp3) is 0.483. The lowest BCUT2D eigenvalue weighted by atomic mass is 9.69. The summed E-state index contributed by atoms with van der Waals surface area (Å²) in [6.07, 6.45) is 7.48. The van der Waals surface area contributed by atoms with Gasteiger partial charge in [0.05, 0.1) is 12.7 Å². The first-order valence-corrected chi connectivity index (χ1v) is 13.8. The van der Waals surface area contributed by atoms with Crippen LogP contribution in [-0.2, 0) is 12.1 Å². The van der Waals surface area contributed by atoms with Crippen LogP contribution in [-0.4, -0.2) is 33.8 Å². The molecule has 0 spiro atoms. The highest BCUT2D eigenvalue weighted by molar-refractivity contribution is 7.99. The van der Waals surface area contributed by atoms with Crippen LogP contribution in [0.3, 0.4) is 0 Å². The molecule has 1 aromatic heterocycles. The number of likely N-dealkylation sites (tertiary alicyclic amines) is 1. The quantitative estimate of drug-likeness (QED) is 0.365. The Morgan fingerprint density at radius 3 is 2.44 bits per heavy atom. The van der Waals surface area contributed by atoms with Crippen LogP contribution in [0, 0.1) is 17.8 Å². The van der Waals surface area contributed by atoms with E-state index in [1.165, 1.54) is 17.7 Å². The molecule has 5 rings (SSSR count). The highest BCUT2D eigenvalue weighted by Crippen LogP contribution is 2.46. The van der Waals surface area contributed by atoms with Gasteiger partial charge in [-0.1, -0.05) is 68.3 Å². The van der Waals surface area contributed by atoms with Crippen molar-refractivity contribution in [3.05, 3.63) is 84.1 Å². The lowest BCUT2D eigenvalue weighted by Crippen LogP contribution is -2.41. The van der Waals surface area contributed by atoms with Gasteiger partial charge in [0.15, 0.2) is 5.60 Å². The van der Waals surface area contributed by atoms with Crippen LogP contribution >= 0.6 is 11.8 Å². The molecule has 3 aromatic rings. The van der Waals surface area contributed by atoms with Gasteiger partial charge in [0.2, 0.25) is 5.89 Å². The highest BCUT2D eigenvalue weighted by atomic mass is 32.2. The van der Waals surface area contributed by atoms with Crippen molar-refractivity contribution < 1.29 is 9.52 Å². The summed E-state index contributed by atoms with van der Waals surface area (Å²) in [5.41, 5.74) is -0.253. The van der Waals surface area contributed by atoms with Crippen LogP contribution in [0.4, 0.5) is 0 Å². The van der Waals surface area contributed by atoms with Crippen LogP contribution in [0.15, 0.2) is 76.2 Å². The van der Waals surface area contributed by atoms with Gasteiger partial charge in [-0.3, -0.25) is 4.90 Å². The molecule has 1 aliphatic heterocycles. The van der Waals surface area contributed by atoms with Gasteiger partial charge in [-0.05, 0) is 55.3 Å². The lowest BCUT2D eigenvalue weighted by molar-refractivity contribution is -0.0419. The SMILES string of the molecule is CCC1CCN(Cc2cnc(C(O)(c3ccccc3)C3CCC3)o2)C[C@H]1CSc1ccccc1. The first-order valence-electron chi connectivity index (χ1n) is 12.8. The normalized spacial score (nSPS) is 23.4. The molecular weight excluding hydrogens is 440 g/mol. The summed E-state index contributed by atoms with van der Waals surface area (Å²) in [5.74, 6) is 4.07. The first-order chi connectivity index (χ1) is 16.7. The number of hydrogen-bond acceptors (Lipinski definition) is 5. The molecule has 2 aliphatic rings. The third kappa shape index (κ3) is 4.98. The summed E-state index contributed by atoms with van der Waals surface area (Å²) >= 11 is 1.98. The fourth-order valence-corrected chi connectivity index (χ4v) is 6.71. The van der Waals surface area contributed by atoms with Crippen LogP contribution in [0.25, 0.3) is 0 Å². The predicted molar refractivity (Wildman–Crippen MR) is 138 cm³/mol. The van der Waals surface area contributed by atoms with Crippen molar-refractivity contribution in [3.8, 4) is 0 Å². The predicted octanol–water partition coefficient (Wildman–Crippen LogP) is 6.35. The van der Waals surface area contributed by atoms with Crippen molar-refractivity contribution in [2.75, 3.05) is 18.8 Å². The summed E-state index contributed by atoms with van der Waals surface area (Å²) in [7, 11) is 0. The number of aromatic nitrogens is 1. The summed E-state index contributed by atoms with van der Waals surface area (Å²) in [6.45, 7) is 5.26. The van der Waals surface area contributed by atoms with E-state index in [0.29, 0.717) is 11.8 Å². The minimum absolute atomic E-state index is 0.168. The number of thioether (sulfide) groups is 1. The number of hydrogen-bond donors (Lipinski definition) is 1. The molecule has 1 saturated carbocycles. The Bertz CT molecular complexity index is 1040. The smallest absolute Gasteiger partial charge is 0.231 e. The van der Waals surface area contributed by atoms with Gasteiger partial charge in [0.25, 0.3) is 0 Å². The number of oxazole rings is 1. The second kappa shape index (κ2) is 10.7. The van der Waals surface area contributed by atoms with Gasteiger partial charge < -0.3 is 9.52 Å². The minimum Gasteiger partial charge on any atom is -0.441 e. The molecular formula is C29H36N2O2S. The van der Waals surface area contributed by atoms with Crippen LogP contribution in [0.1, 0.15) is 56.2 Å². The van der Waals surface area contributed by atoms with E-state index in [0.717, 1.165) is 61.9 Å². The zero-order valence-electron chi connectivity index (χ0n) is 20.1. The largest absolute Gasteiger partial charge is 0.441 e. The van der Waals surface area contributed by atoms with E-state index in [1.807, 2.05) is 48.3 Å². The molecule has 5 heteroatoms. The van der Waals surface area contributed by atoms with Crippen molar-refractivity contribution in [1.82, 2.24) is 9.88 Å². The van der Waals surface area contributed by atoms with E-state index in [-0.39, 0.29) is 5.92 Å². The molecule has 1 aliphatic carbocycles. The van der Waals surface area contributed by atoms with E-state index in [9.17, 15) is 5.11 Å². The highest BCUT2D eigenvalue weighted by Gasteiger charge is 2.47. The molecule has 2 fully saturated rings. The maximum absolute atomic E-state index is 11.8. The topological polar surface area (TPSA) is 49.5 Å². The average molecular weight is 477 g/mol. The molecule has 2 unspecified atom stereocenters. The molecule has 0 radical (unpaired) electrons. The van der Waals surface area contributed by atoms with Crippen molar-refractivity contribution >= 4 is 11.8 Å². The number of nitrogens with zero attached hydrogens (tertiary/aromatic N) is 2. The van der Waals surface area contributed by atoms with E-state index in [1.54, 1.807) is 0 Å². The Balaban J connectivity index is 1.27. The number of piperidine rings is 1. The van der Waals surface area contributed by atoms with Gasteiger partial charge in [0.1, 0.15) is 5.76 Å². The molecule has 2 heterocycles. The molecule has 34 heavy (non-hydrogen) atoms. The monoisotopic (exact) mass is 476 g/mol. The van der Waals surface area contributed by atoms with Crippen LogP contribution < -0.4 is 0 Å². The Morgan fingerprint density at radius 2 is 1.76 bits per heavy atom. The molecule has 3 atom stereocenters. The average Bonchev–Trinajstić information content (AvgIpc) is 3.32. The van der Waals surface area contributed by atoms with Crippen molar-refractivity contribution in [1.29, 1.82) is 0 Å². The standard InChI is InChI=1S/C29H36N2O2S/c1-2-22-16-17-31(19-23(22)21-34-27-14-7-4-8-15-27)20-26-18-30-28(33-26)29(32,25-12-9-13-25)24-10-5-3-6-11-24/h3-8,10-11,14-15,18,22-23,25,32H,2,9,12-13,16-17,19-21H2,1H3/t22?,23-,29?/m0/s1. The summed E-state index contributed by atoms with van der Waals surface area (Å²) in [4.78, 5) is 8.48. The second-order valence-electron chi connectivity index (χ2n) is 9.97. The summed E-state index contributed by atoms with van der Waals surface area (Å²) in [5, 5.41) is 11.8. The van der Waals surface area contributed by atoms with Gasteiger partial charge in [-0.15, -0.1) is 11.8 Å². The maximum Gasteiger partial charge on any atom is 0.231 e.